The van der Waals surface area contributed by atoms with Gasteiger partial charge in [0.15, 0.2) is 0 Å². The molecule has 1 aromatic carbocycles. The molecule has 1 fully saturated rings. The number of carbonyl (C=O) groups is 2. The molecule has 2 rings (SSSR count). The van der Waals surface area contributed by atoms with E-state index < -0.39 is 0 Å². The topological polar surface area (TPSA) is 49.4 Å². The molecule has 1 aromatic rings. The zero-order valence-electron chi connectivity index (χ0n) is 12.1. The Morgan fingerprint density at radius 1 is 1.38 bits per heavy atom. The zero-order valence-corrected chi connectivity index (χ0v) is 13.7. The van der Waals surface area contributed by atoms with Gasteiger partial charge in [0.2, 0.25) is 11.8 Å². The third-order valence-corrected chi connectivity index (χ3v) is 4.57. The quantitative estimate of drug-likeness (QED) is 0.905. The summed E-state index contributed by atoms with van der Waals surface area (Å²) in [7, 11) is 0. The number of benzene rings is 1. The van der Waals surface area contributed by atoms with Crippen LogP contribution in [0.5, 0.6) is 0 Å². The van der Waals surface area contributed by atoms with Gasteiger partial charge in [0.05, 0.1) is 17.7 Å². The second-order valence-corrected chi connectivity index (χ2v) is 6.80. The fourth-order valence-corrected chi connectivity index (χ4v) is 3.27. The highest BCUT2D eigenvalue weighted by atomic mass is 35.5. The highest BCUT2D eigenvalue weighted by Crippen LogP contribution is 2.23. The van der Waals surface area contributed by atoms with E-state index in [0.29, 0.717) is 16.7 Å². The maximum absolute atomic E-state index is 12.2. The van der Waals surface area contributed by atoms with Gasteiger partial charge in [-0.15, -0.1) is 11.8 Å². The maximum atomic E-state index is 12.2. The van der Waals surface area contributed by atoms with Crippen LogP contribution in [-0.2, 0) is 9.59 Å². The summed E-state index contributed by atoms with van der Waals surface area (Å²) in [6, 6.07) is 7.40. The lowest BCUT2D eigenvalue weighted by Crippen LogP contribution is -2.40. The van der Waals surface area contributed by atoms with Crippen LogP contribution < -0.4 is 5.32 Å². The minimum Gasteiger partial charge on any atom is -0.347 e. The Morgan fingerprint density at radius 3 is 2.57 bits per heavy atom. The molecule has 0 bridgehead atoms. The number of rotatable bonds is 5. The molecule has 21 heavy (non-hydrogen) atoms. The van der Waals surface area contributed by atoms with Crippen LogP contribution in [0, 0.1) is 5.92 Å². The lowest BCUT2D eigenvalue weighted by molar-refractivity contribution is -0.132. The Labute approximate surface area is 134 Å². The van der Waals surface area contributed by atoms with Crippen LogP contribution in [0.4, 0.5) is 0 Å². The van der Waals surface area contributed by atoms with Gasteiger partial charge in [0.25, 0.3) is 0 Å². The van der Waals surface area contributed by atoms with Crippen molar-refractivity contribution in [1.82, 2.24) is 10.2 Å². The molecule has 4 nitrogen and oxygen atoms in total. The molecule has 0 aromatic heterocycles. The van der Waals surface area contributed by atoms with Crippen LogP contribution in [-0.4, -0.2) is 34.9 Å². The first-order valence-corrected chi connectivity index (χ1v) is 8.41. The van der Waals surface area contributed by atoms with E-state index in [-0.39, 0.29) is 30.3 Å². The van der Waals surface area contributed by atoms with Crippen LogP contribution >= 0.6 is 23.4 Å². The van der Waals surface area contributed by atoms with E-state index in [9.17, 15) is 9.59 Å². The van der Waals surface area contributed by atoms with Crippen LogP contribution in [0.15, 0.2) is 24.3 Å². The highest BCUT2D eigenvalue weighted by molar-refractivity contribution is 8.00. The van der Waals surface area contributed by atoms with Gasteiger partial charge in [0, 0.05) is 5.02 Å². The number of nitrogens with zero attached hydrogens (tertiary/aromatic N) is 1. The average Bonchev–Trinajstić information content (AvgIpc) is 2.82. The number of halogens is 1. The smallest absolute Gasteiger partial charge is 0.240 e. The minimum atomic E-state index is -0.125. The van der Waals surface area contributed by atoms with Gasteiger partial charge in [-0.25, -0.2) is 0 Å². The van der Waals surface area contributed by atoms with Crippen molar-refractivity contribution in [2.24, 2.45) is 5.92 Å². The Balaban J connectivity index is 2.00. The molecule has 0 unspecified atom stereocenters. The summed E-state index contributed by atoms with van der Waals surface area (Å²) in [6.45, 7) is 4.23. The Kier molecular flexibility index (Phi) is 5.53. The minimum absolute atomic E-state index is 0.0303. The third-order valence-electron chi connectivity index (χ3n) is 3.37. The number of thioether (sulfide) groups is 1. The predicted molar refractivity (Wildman–Crippen MR) is 86.2 cm³/mol. The maximum Gasteiger partial charge on any atom is 0.240 e. The van der Waals surface area contributed by atoms with Crippen molar-refractivity contribution >= 4 is 35.2 Å². The molecular formula is C15H19ClN2O2S. The van der Waals surface area contributed by atoms with Gasteiger partial charge < -0.3 is 10.2 Å². The summed E-state index contributed by atoms with van der Waals surface area (Å²) in [6.07, 6.45) is 0. The van der Waals surface area contributed by atoms with Gasteiger partial charge in [-0.2, -0.15) is 0 Å². The monoisotopic (exact) mass is 326 g/mol. The van der Waals surface area contributed by atoms with E-state index in [0.717, 1.165) is 5.56 Å². The number of carbonyl (C=O) groups excluding carboxylic acids is 2. The molecule has 1 aliphatic rings. The highest BCUT2D eigenvalue weighted by Gasteiger charge is 2.25. The Bertz CT molecular complexity index is 519. The summed E-state index contributed by atoms with van der Waals surface area (Å²) in [5.41, 5.74) is 1.02. The zero-order chi connectivity index (χ0) is 15.4. The number of hydrogen-bond donors (Lipinski definition) is 1. The second-order valence-electron chi connectivity index (χ2n) is 5.41. The van der Waals surface area contributed by atoms with E-state index >= 15 is 0 Å². The van der Waals surface area contributed by atoms with Gasteiger partial charge in [-0.1, -0.05) is 37.6 Å². The largest absolute Gasteiger partial charge is 0.347 e. The summed E-state index contributed by atoms with van der Waals surface area (Å²) in [4.78, 5) is 25.3. The van der Waals surface area contributed by atoms with Crippen molar-refractivity contribution in [1.29, 1.82) is 0 Å². The molecule has 1 saturated heterocycles. The van der Waals surface area contributed by atoms with E-state index in [4.69, 9.17) is 11.6 Å². The van der Waals surface area contributed by atoms with Gasteiger partial charge >= 0.3 is 0 Å². The first-order chi connectivity index (χ1) is 9.97. The third kappa shape index (κ3) is 4.38. The van der Waals surface area contributed by atoms with Crippen molar-refractivity contribution in [2.75, 3.05) is 18.2 Å². The lowest BCUT2D eigenvalue weighted by Gasteiger charge is -2.24. The average molecular weight is 327 g/mol. The van der Waals surface area contributed by atoms with Gasteiger partial charge in [0.1, 0.15) is 6.54 Å². The van der Waals surface area contributed by atoms with Crippen LogP contribution in [0.2, 0.25) is 5.02 Å². The summed E-state index contributed by atoms with van der Waals surface area (Å²) in [5, 5.41) is 3.69. The molecule has 0 saturated carbocycles. The second kappa shape index (κ2) is 7.18. The number of nitrogens with one attached hydrogen (secondary N) is 1. The van der Waals surface area contributed by atoms with Gasteiger partial charge in [-0.05, 0) is 23.6 Å². The van der Waals surface area contributed by atoms with Crippen LogP contribution in [0.25, 0.3) is 0 Å². The molecule has 1 N–H and O–H groups in total. The fourth-order valence-electron chi connectivity index (χ4n) is 2.24. The van der Waals surface area contributed by atoms with Crippen molar-refractivity contribution in [3.05, 3.63) is 34.9 Å². The van der Waals surface area contributed by atoms with Crippen molar-refractivity contribution in [2.45, 2.75) is 19.9 Å². The molecule has 6 heteroatoms. The molecule has 1 aliphatic heterocycles. The van der Waals surface area contributed by atoms with Crippen LogP contribution in [0.3, 0.4) is 0 Å². The van der Waals surface area contributed by atoms with E-state index in [1.165, 1.54) is 11.8 Å². The summed E-state index contributed by atoms with van der Waals surface area (Å²) < 4.78 is 0. The van der Waals surface area contributed by atoms with Crippen molar-refractivity contribution < 1.29 is 9.59 Å². The summed E-state index contributed by atoms with van der Waals surface area (Å²) in [5.74, 6) is 1.22. The van der Waals surface area contributed by atoms with E-state index in [1.807, 2.05) is 24.3 Å². The molecular weight excluding hydrogens is 308 g/mol. The Morgan fingerprint density at radius 2 is 2.05 bits per heavy atom. The summed E-state index contributed by atoms with van der Waals surface area (Å²) >= 11 is 7.43. The van der Waals surface area contributed by atoms with E-state index in [2.05, 4.69) is 19.2 Å². The molecule has 1 heterocycles. The molecule has 1 atom stereocenters. The van der Waals surface area contributed by atoms with E-state index in [1.54, 1.807) is 4.90 Å². The first kappa shape index (κ1) is 16.2. The normalized spacial score (nSPS) is 16.4. The number of hydrogen-bond acceptors (Lipinski definition) is 3. The fraction of sp³-hybridized carbons (Fsp3) is 0.467. The van der Waals surface area contributed by atoms with Crippen molar-refractivity contribution in [3.8, 4) is 0 Å². The molecule has 114 valence electrons. The standard InChI is InChI=1S/C15H19ClN2O2S/c1-10(2)15(11-3-5-12(16)6-4-11)17-13(19)7-18-9-21-8-14(18)20/h3-6,10,15H,7-9H2,1-2H3,(H,17,19)/t15-/m0/s1. The van der Waals surface area contributed by atoms with Crippen molar-refractivity contribution in [3.63, 3.8) is 0 Å². The Hall–Kier alpha value is -1.20. The van der Waals surface area contributed by atoms with Gasteiger partial charge in [-0.3, -0.25) is 9.59 Å². The SMILES string of the molecule is CC(C)[C@H](NC(=O)CN1CSCC1=O)c1ccc(Cl)cc1. The molecule has 0 radical (unpaired) electrons. The predicted octanol–water partition coefficient (Wildman–Crippen LogP) is 2.69. The number of amides is 2. The molecule has 2 amide bonds. The first-order valence-electron chi connectivity index (χ1n) is 6.87. The molecule has 0 aliphatic carbocycles. The lowest BCUT2D eigenvalue weighted by atomic mass is 9.96. The molecule has 0 spiro atoms. The van der Waals surface area contributed by atoms with Crippen LogP contribution in [0.1, 0.15) is 25.5 Å².